The third kappa shape index (κ3) is 6.31. The number of carbonyl (C=O) groups excluding carboxylic acids is 2. The lowest BCUT2D eigenvalue weighted by molar-refractivity contribution is -0.426. The number of ether oxygens (including phenoxy) is 1. The van der Waals surface area contributed by atoms with Gasteiger partial charge in [-0.2, -0.15) is 0 Å². The van der Waals surface area contributed by atoms with Crippen molar-refractivity contribution >= 4 is 18.0 Å². The highest BCUT2D eigenvalue weighted by Crippen LogP contribution is 2.25. The summed E-state index contributed by atoms with van der Waals surface area (Å²) in [7, 11) is 0. The lowest BCUT2D eigenvalue weighted by Crippen LogP contribution is -2.36. The molecule has 3 rings (SSSR count). The van der Waals surface area contributed by atoms with Crippen molar-refractivity contribution in [2.24, 2.45) is 0 Å². The van der Waals surface area contributed by atoms with Crippen LogP contribution in [0.5, 0.6) is 0 Å². The lowest BCUT2D eigenvalue weighted by Gasteiger charge is -2.29. The van der Waals surface area contributed by atoms with Gasteiger partial charge in [-0.3, -0.25) is 14.9 Å². The normalized spacial score (nSPS) is 13.9. The maximum Gasteiger partial charge on any atom is 0.338 e. The minimum atomic E-state index is -0.685. The van der Waals surface area contributed by atoms with Gasteiger partial charge in [-0.05, 0) is 62.4 Å². The van der Waals surface area contributed by atoms with Gasteiger partial charge >= 0.3 is 5.97 Å². The molecule has 7 heteroatoms. The number of esters is 1. The first-order valence-corrected chi connectivity index (χ1v) is 11.7. The number of rotatable bonds is 7. The predicted molar refractivity (Wildman–Crippen MR) is 131 cm³/mol. The van der Waals surface area contributed by atoms with E-state index in [9.17, 15) is 19.7 Å². The van der Waals surface area contributed by atoms with Crippen LogP contribution in [0.1, 0.15) is 84.4 Å². The topological polar surface area (TPSA) is 89.8 Å². The van der Waals surface area contributed by atoms with Crippen molar-refractivity contribution in [3.8, 4) is 0 Å². The Morgan fingerprint density at radius 3 is 2.50 bits per heavy atom. The van der Waals surface area contributed by atoms with E-state index in [-0.39, 0.29) is 22.7 Å². The monoisotopic (exact) mass is 464 g/mol. The molecule has 0 fully saturated rings. The Morgan fingerprint density at radius 2 is 1.85 bits per heavy atom. The molecule has 1 amide bonds. The van der Waals surface area contributed by atoms with Gasteiger partial charge in [0.05, 0.1) is 10.5 Å². The number of hydrogen-bond donors (Lipinski definition) is 0. The number of nitro groups is 1. The van der Waals surface area contributed by atoms with Crippen LogP contribution in [0.25, 0.3) is 6.08 Å². The van der Waals surface area contributed by atoms with E-state index in [1.54, 1.807) is 37.8 Å². The summed E-state index contributed by atoms with van der Waals surface area (Å²) in [6.45, 7) is 8.28. The molecule has 1 heterocycles. The second-order valence-corrected chi connectivity index (χ2v) is 9.55. The Bertz CT molecular complexity index is 1110. The number of carbonyl (C=O) groups is 2. The highest BCUT2D eigenvalue weighted by atomic mass is 16.6. The number of fused-ring (bicyclic) bond motifs is 1. The molecule has 0 saturated heterocycles. The van der Waals surface area contributed by atoms with Crippen molar-refractivity contribution in [1.82, 2.24) is 4.90 Å². The lowest BCUT2D eigenvalue weighted by atomic mass is 9.97. The summed E-state index contributed by atoms with van der Waals surface area (Å²) in [4.78, 5) is 39.3. The van der Waals surface area contributed by atoms with E-state index >= 15 is 0 Å². The van der Waals surface area contributed by atoms with E-state index < -0.39 is 16.5 Å². The maximum absolute atomic E-state index is 13.6. The molecule has 0 radical (unpaired) electrons. The summed E-state index contributed by atoms with van der Waals surface area (Å²) in [6.07, 6.45) is 3.99. The van der Waals surface area contributed by atoms with Gasteiger partial charge in [-0.15, -0.1) is 0 Å². The number of hydrogen-bond acceptors (Lipinski definition) is 5. The van der Waals surface area contributed by atoms with E-state index in [0.717, 1.165) is 18.4 Å². The molecule has 0 saturated carbocycles. The molecule has 0 aromatic heterocycles. The number of unbranched alkanes of at least 4 members (excludes halogenated alkanes) is 1. The van der Waals surface area contributed by atoms with Crippen molar-refractivity contribution < 1.29 is 19.2 Å². The van der Waals surface area contributed by atoms with Crippen LogP contribution >= 0.6 is 0 Å². The van der Waals surface area contributed by atoms with Crippen LogP contribution in [0.3, 0.4) is 0 Å². The highest BCUT2D eigenvalue weighted by Gasteiger charge is 2.26. The predicted octanol–water partition coefficient (Wildman–Crippen LogP) is 5.65. The van der Waals surface area contributed by atoms with Gasteiger partial charge in [0, 0.05) is 31.1 Å². The molecule has 180 valence electrons. The SMILES string of the molecule is CCCC/C(=C\c1ccc(C(=O)OC(C)(C)C)cc1C(=O)N1CCc2ccccc2C1)[N+](=O)[O-]. The first-order chi connectivity index (χ1) is 16.1. The van der Waals surface area contributed by atoms with Crippen LogP contribution in [0, 0.1) is 10.1 Å². The molecule has 0 spiro atoms. The summed E-state index contributed by atoms with van der Waals surface area (Å²) < 4.78 is 5.48. The summed E-state index contributed by atoms with van der Waals surface area (Å²) in [5.74, 6) is -0.800. The summed E-state index contributed by atoms with van der Waals surface area (Å²) in [5.41, 5.74) is 2.59. The van der Waals surface area contributed by atoms with Crippen molar-refractivity contribution in [3.05, 3.63) is 86.1 Å². The fourth-order valence-electron chi connectivity index (χ4n) is 3.92. The van der Waals surface area contributed by atoms with E-state index in [2.05, 4.69) is 6.07 Å². The molecule has 0 aliphatic carbocycles. The minimum absolute atomic E-state index is 0.0462. The van der Waals surface area contributed by atoms with Crippen LogP contribution in [-0.2, 0) is 17.7 Å². The Balaban J connectivity index is 2.02. The molecule has 0 bridgehead atoms. The molecule has 2 aromatic carbocycles. The third-order valence-electron chi connectivity index (χ3n) is 5.68. The minimum Gasteiger partial charge on any atom is -0.456 e. The molecule has 0 N–H and O–H groups in total. The number of allylic oxidation sites excluding steroid dienone is 1. The molecular weight excluding hydrogens is 432 g/mol. The second kappa shape index (κ2) is 10.6. The van der Waals surface area contributed by atoms with E-state index in [1.807, 2.05) is 25.1 Å². The average molecular weight is 465 g/mol. The fraction of sp³-hybridized carbons (Fsp3) is 0.407. The van der Waals surface area contributed by atoms with Crippen LogP contribution in [0.15, 0.2) is 48.2 Å². The molecular formula is C27H32N2O5. The first kappa shape index (κ1) is 25.1. The van der Waals surface area contributed by atoms with Crippen LogP contribution in [0.2, 0.25) is 0 Å². The van der Waals surface area contributed by atoms with E-state index in [0.29, 0.717) is 31.5 Å². The van der Waals surface area contributed by atoms with Gasteiger partial charge in [-0.25, -0.2) is 4.79 Å². The molecule has 7 nitrogen and oxygen atoms in total. The Kier molecular flexibility index (Phi) is 7.87. The van der Waals surface area contributed by atoms with Gasteiger partial charge in [0.1, 0.15) is 5.60 Å². The van der Waals surface area contributed by atoms with Crippen molar-refractivity contribution in [2.75, 3.05) is 6.54 Å². The zero-order chi connectivity index (χ0) is 24.9. The zero-order valence-corrected chi connectivity index (χ0v) is 20.3. The van der Waals surface area contributed by atoms with Crippen molar-refractivity contribution in [2.45, 2.75) is 65.5 Å². The van der Waals surface area contributed by atoms with Gasteiger partial charge in [-0.1, -0.05) is 43.7 Å². The highest BCUT2D eigenvalue weighted by molar-refractivity contribution is 6.01. The van der Waals surface area contributed by atoms with Crippen LogP contribution in [-0.4, -0.2) is 33.8 Å². The molecule has 34 heavy (non-hydrogen) atoms. The second-order valence-electron chi connectivity index (χ2n) is 9.55. The molecule has 2 aromatic rings. The smallest absolute Gasteiger partial charge is 0.338 e. The van der Waals surface area contributed by atoms with Gasteiger partial charge in [0.2, 0.25) is 5.70 Å². The maximum atomic E-state index is 13.6. The molecule has 1 aliphatic rings. The number of amides is 1. The van der Waals surface area contributed by atoms with Gasteiger partial charge in [0.25, 0.3) is 5.91 Å². The van der Waals surface area contributed by atoms with Gasteiger partial charge in [0.15, 0.2) is 0 Å². The van der Waals surface area contributed by atoms with Crippen LogP contribution in [0.4, 0.5) is 0 Å². The number of benzene rings is 2. The molecule has 0 atom stereocenters. The third-order valence-corrected chi connectivity index (χ3v) is 5.68. The Hall–Kier alpha value is -3.48. The Morgan fingerprint density at radius 1 is 1.15 bits per heavy atom. The van der Waals surface area contributed by atoms with Crippen molar-refractivity contribution in [1.29, 1.82) is 0 Å². The van der Waals surface area contributed by atoms with Gasteiger partial charge < -0.3 is 9.64 Å². The molecule has 0 unspecified atom stereocenters. The van der Waals surface area contributed by atoms with E-state index in [4.69, 9.17) is 4.74 Å². The molecule has 1 aliphatic heterocycles. The van der Waals surface area contributed by atoms with Crippen LogP contribution < -0.4 is 0 Å². The number of nitrogens with zero attached hydrogens (tertiary/aromatic N) is 2. The average Bonchev–Trinajstić information content (AvgIpc) is 2.79. The fourth-order valence-corrected chi connectivity index (χ4v) is 3.92. The Labute approximate surface area is 200 Å². The largest absolute Gasteiger partial charge is 0.456 e. The van der Waals surface area contributed by atoms with E-state index in [1.165, 1.54) is 17.7 Å². The quantitative estimate of drug-likeness (QED) is 0.300. The first-order valence-electron chi connectivity index (χ1n) is 11.7. The summed E-state index contributed by atoms with van der Waals surface area (Å²) >= 11 is 0. The summed E-state index contributed by atoms with van der Waals surface area (Å²) in [6, 6.07) is 12.6. The zero-order valence-electron chi connectivity index (χ0n) is 20.3. The standard InChI is InChI=1S/C27H32N2O5/c1-5-6-11-23(29(32)33)16-20-12-13-21(26(31)34-27(2,3)4)17-24(20)25(30)28-15-14-19-9-7-8-10-22(19)18-28/h7-10,12-13,16-17H,5-6,11,14-15,18H2,1-4H3/b23-16+. The summed E-state index contributed by atoms with van der Waals surface area (Å²) in [5, 5.41) is 11.6. The van der Waals surface area contributed by atoms with Crippen molar-refractivity contribution in [3.63, 3.8) is 0 Å².